The van der Waals surface area contributed by atoms with E-state index in [1.807, 2.05) is 18.2 Å². The average Bonchev–Trinajstić information content (AvgIpc) is 2.51. The molecule has 5 nitrogen and oxygen atoms in total. The van der Waals surface area contributed by atoms with Crippen molar-refractivity contribution in [3.05, 3.63) is 23.8 Å². The first-order valence-corrected chi connectivity index (χ1v) is 7.60. The van der Waals surface area contributed by atoms with Gasteiger partial charge in [-0.1, -0.05) is 19.9 Å². The molecule has 1 N–H and O–H groups in total. The number of amides is 1. The lowest BCUT2D eigenvalue weighted by Crippen LogP contribution is -2.34. The molecule has 0 bridgehead atoms. The summed E-state index contributed by atoms with van der Waals surface area (Å²) in [6, 6.07) is 5.99. The molecule has 0 unspecified atom stereocenters. The Morgan fingerprint density at radius 1 is 1.18 bits per heavy atom. The molecule has 1 atom stereocenters. The topological polar surface area (TPSA) is 56.8 Å². The molecule has 0 heterocycles. The number of nitrogens with one attached hydrogen (secondary N) is 1. The highest BCUT2D eigenvalue weighted by molar-refractivity contribution is 5.47. The molecule has 0 saturated carbocycles. The SMILES string of the molecule is COCCCOc1cc(C[C@H](NC=O)C(C)C)ccc1OC. The Labute approximate surface area is 132 Å². The van der Waals surface area contributed by atoms with Crippen LogP contribution < -0.4 is 14.8 Å². The van der Waals surface area contributed by atoms with Gasteiger partial charge in [-0.3, -0.25) is 4.79 Å². The number of methoxy groups -OCH3 is 2. The van der Waals surface area contributed by atoms with E-state index in [4.69, 9.17) is 14.2 Å². The number of hydrogen-bond donors (Lipinski definition) is 1. The first-order chi connectivity index (χ1) is 10.6. The van der Waals surface area contributed by atoms with Crippen LogP contribution in [-0.4, -0.2) is 39.9 Å². The summed E-state index contributed by atoms with van der Waals surface area (Å²) in [4.78, 5) is 10.7. The van der Waals surface area contributed by atoms with Crippen LogP contribution in [0.4, 0.5) is 0 Å². The van der Waals surface area contributed by atoms with Crippen molar-refractivity contribution >= 4 is 6.41 Å². The zero-order chi connectivity index (χ0) is 16.4. The van der Waals surface area contributed by atoms with Gasteiger partial charge in [0.1, 0.15) is 0 Å². The van der Waals surface area contributed by atoms with Crippen LogP contribution in [0.1, 0.15) is 25.8 Å². The highest BCUT2D eigenvalue weighted by Crippen LogP contribution is 2.29. The summed E-state index contributed by atoms with van der Waals surface area (Å²) in [7, 11) is 3.30. The second-order valence-electron chi connectivity index (χ2n) is 5.52. The highest BCUT2D eigenvalue weighted by atomic mass is 16.5. The van der Waals surface area contributed by atoms with Gasteiger partial charge in [0.15, 0.2) is 11.5 Å². The maximum Gasteiger partial charge on any atom is 0.207 e. The Kier molecular flexibility index (Phi) is 8.36. The minimum atomic E-state index is 0.104. The molecule has 0 saturated heterocycles. The Morgan fingerprint density at radius 3 is 2.55 bits per heavy atom. The van der Waals surface area contributed by atoms with Crippen LogP contribution in [-0.2, 0) is 16.0 Å². The van der Waals surface area contributed by atoms with Crippen LogP contribution in [0.2, 0.25) is 0 Å². The lowest BCUT2D eigenvalue weighted by atomic mass is 9.96. The fourth-order valence-corrected chi connectivity index (χ4v) is 2.17. The van der Waals surface area contributed by atoms with E-state index in [-0.39, 0.29) is 6.04 Å². The Balaban J connectivity index is 2.77. The smallest absolute Gasteiger partial charge is 0.207 e. The minimum absolute atomic E-state index is 0.104. The Hall–Kier alpha value is -1.75. The summed E-state index contributed by atoms with van der Waals surface area (Å²) >= 11 is 0. The molecule has 0 radical (unpaired) electrons. The van der Waals surface area contributed by atoms with Gasteiger partial charge in [0.2, 0.25) is 6.41 Å². The van der Waals surface area contributed by atoms with Crippen LogP contribution >= 0.6 is 0 Å². The summed E-state index contributed by atoms with van der Waals surface area (Å²) in [5, 5.41) is 2.87. The molecular weight excluding hydrogens is 282 g/mol. The van der Waals surface area contributed by atoms with Crippen molar-refractivity contribution in [1.82, 2.24) is 5.32 Å². The van der Waals surface area contributed by atoms with Gasteiger partial charge in [-0.15, -0.1) is 0 Å². The first-order valence-electron chi connectivity index (χ1n) is 7.60. The average molecular weight is 309 g/mol. The third-order valence-corrected chi connectivity index (χ3v) is 3.52. The van der Waals surface area contributed by atoms with Crippen LogP contribution in [0.25, 0.3) is 0 Å². The molecule has 5 heteroatoms. The van der Waals surface area contributed by atoms with Crippen molar-refractivity contribution in [2.75, 3.05) is 27.4 Å². The van der Waals surface area contributed by atoms with E-state index in [2.05, 4.69) is 19.2 Å². The summed E-state index contributed by atoms with van der Waals surface area (Å²) in [6.07, 6.45) is 2.34. The first kappa shape index (κ1) is 18.3. The molecular formula is C17H27NO4. The molecule has 1 rings (SSSR count). The molecule has 22 heavy (non-hydrogen) atoms. The maximum atomic E-state index is 10.7. The lowest BCUT2D eigenvalue weighted by molar-refractivity contribution is -0.110. The van der Waals surface area contributed by atoms with Crippen molar-refractivity contribution in [1.29, 1.82) is 0 Å². The van der Waals surface area contributed by atoms with Crippen LogP contribution in [0, 0.1) is 5.92 Å². The normalized spacial score (nSPS) is 12.0. The summed E-state index contributed by atoms with van der Waals surface area (Å²) in [5.74, 6) is 1.80. The predicted molar refractivity (Wildman–Crippen MR) is 86.5 cm³/mol. The van der Waals surface area contributed by atoms with Gasteiger partial charge in [0, 0.05) is 26.2 Å². The summed E-state index contributed by atoms with van der Waals surface area (Å²) in [6.45, 7) is 5.42. The fraction of sp³-hybridized carbons (Fsp3) is 0.588. The van der Waals surface area contributed by atoms with Crippen molar-refractivity contribution in [3.63, 3.8) is 0 Å². The number of carbonyl (C=O) groups is 1. The largest absolute Gasteiger partial charge is 0.493 e. The molecule has 0 spiro atoms. The zero-order valence-corrected chi connectivity index (χ0v) is 13.9. The van der Waals surface area contributed by atoms with E-state index in [0.717, 1.165) is 30.6 Å². The fourth-order valence-electron chi connectivity index (χ4n) is 2.17. The van der Waals surface area contributed by atoms with Crippen LogP contribution in [0.15, 0.2) is 18.2 Å². The molecule has 0 aromatic heterocycles. The number of ether oxygens (including phenoxy) is 3. The van der Waals surface area contributed by atoms with E-state index in [9.17, 15) is 4.79 Å². The van der Waals surface area contributed by atoms with Gasteiger partial charge < -0.3 is 19.5 Å². The van der Waals surface area contributed by atoms with E-state index < -0.39 is 0 Å². The third kappa shape index (κ3) is 5.93. The molecule has 1 aromatic rings. The van der Waals surface area contributed by atoms with Crippen LogP contribution in [0.3, 0.4) is 0 Å². The van der Waals surface area contributed by atoms with E-state index >= 15 is 0 Å². The van der Waals surface area contributed by atoms with Gasteiger partial charge in [-0.25, -0.2) is 0 Å². The van der Waals surface area contributed by atoms with Crippen molar-refractivity contribution < 1.29 is 19.0 Å². The second-order valence-corrected chi connectivity index (χ2v) is 5.52. The Morgan fingerprint density at radius 2 is 1.95 bits per heavy atom. The minimum Gasteiger partial charge on any atom is -0.493 e. The van der Waals surface area contributed by atoms with Gasteiger partial charge in [0.05, 0.1) is 13.7 Å². The number of hydrogen-bond acceptors (Lipinski definition) is 4. The maximum absolute atomic E-state index is 10.7. The van der Waals surface area contributed by atoms with E-state index in [1.165, 1.54) is 0 Å². The molecule has 1 amide bonds. The Bertz CT molecular complexity index is 448. The van der Waals surface area contributed by atoms with Crippen molar-refractivity contribution in [3.8, 4) is 11.5 Å². The zero-order valence-electron chi connectivity index (χ0n) is 13.9. The quantitative estimate of drug-likeness (QED) is 0.504. The van der Waals surface area contributed by atoms with Crippen LogP contribution in [0.5, 0.6) is 11.5 Å². The predicted octanol–water partition coefficient (Wildman–Crippen LogP) is 2.42. The van der Waals surface area contributed by atoms with E-state index in [1.54, 1.807) is 14.2 Å². The molecule has 0 aliphatic heterocycles. The molecule has 0 fully saturated rings. The molecule has 0 aliphatic carbocycles. The standard InChI is InChI=1S/C17H27NO4/c1-13(2)15(18-12-19)10-14-6-7-16(21-4)17(11-14)22-9-5-8-20-3/h6-7,11-13,15H,5,8-10H2,1-4H3,(H,18,19)/t15-/m0/s1. The van der Waals surface area contributed by atoms with Gasteiger partial charge in [-0.2, -0.15) is 0 Å². The third-order valence-electron chi connectivity index (χ3n) is 3.52. The number of carbonyl (C=O) groups excluding carboxylic acids is 1. The number of rotatable bonds is 11. The molecule has 124 valence electrons. The molecule has 0 aliphatic rings. The van der Waals surface area contributed by atoms with Gasteiger partial charge >= 0.3 is 0 Å². The lowest BCUT2D eigenvalue weighted by Gasteiger charge is -2.21. The van der Waals surface area contributed by atoms with Crippen molar-refractivity contribution in [2.45, 2.75) is 32.7 Å². The van der Waals surface area contributed by atoms with Gasteiger partial charge in [0.25, 0.3) is 0 Å². The van der Waals surface area contributed by atoms with Gasteiger partial charge in [-0.05, 0) is 30.0 Å². The highest BCUT2D eigenvalue weighted by Gasteiger charge is 2.14. The molecule has 1 aromatic carbocycles. The monoisotopic (exact) mass is 309 g/mol. The summed E-state index contributed by atoms with van der Waals surface area (Å²) in [5.41, 5.74) is 1.11. The summed E-state index contributed by atoms with van der Waals surface area (Å²) < 4.78 is 16.1. The number of benzene rings is 1. The van der Waals surface area contributed by atoms with E-state index in [0.29, 0.717) is 24.9 Å². The second kappa shape index (κ2) is 10.1. The van der Waals surface area contributed by atoms with Crippen molar-refractivity contribution in [2.24, 2.45) is 5.92 Å².